The summed E-state index contributed by atoms with van der Waals surface area (Å²) in [5.74, 6) is -1.47. The molecule has 0 atom stereocenters. The van der Waals surface area contributed by atoms with E-state index in [1.165, 1.54) is 48.5 Å². The highest BCUT2D eigenvalue weighted by Gasteiger charge is 2.22. The first-order chi connectivity index (χ1) is 15.2. The summed E-state index contributed by atoms with van der Waals surface area (Å²) in [6.45, 7) is 3.37. The van der Waals surface area contributed by atoms with Crippen molar-refractivity contribution in [1.29, 1.82) is 0 Å². The Kier molecular flexibility index (Phi) is 6.24. The highest BCUT2D eigenvalue weighted by Crippen LogP contribution is 2.28. The SMILES string of the molecule is Cc1ccc(NC(=O)c2ccccc2C(=O)Nc2ccc(C)cc2[N+](=O)[O-])c([N+](=O)[O-])c1. The van der Waals surface area contributed by atoms with Crippen LogP contribution in [0.25, 0.3) is 0 Å². The number of aryl methyl sites for hydroxylation is 2. The molecule has 0 aliphatic heterocycles. The van der Waals surface area contributed by atoms with Crippen LogP contribution in [0.4, 0.5) is 22.7 Å². The second kappa shape index (κ2) is 9.04. The minimum atomic E-state index is -0.735. The van der Waals surface area contributed by atoms with Crippen molar-refractivity contribution in [2.75, 3.05) is 10.6 Å². The number of rotatable bonds is 6. The van der Waals surface area contributed by atoms with E-state index in [0.29, 0.717) is 11.1 Å². The Morgan fingerprint density at radius 3 is 1.41 bits per heavy atom. The zero-order valence-electron chi connectivity index (χ0n) is 17.1. The van der Waals surface area contributed by atoms with Crippen LogP contribution in [0.1, 0.15) is 31.8 Å². The molecule has 3 aromatic rings. The van der Waals surface area contributed by atoms with E-state index in [9.17, 15) is 29.8 Å². The van der Waals surface area contributed by atoms with Crippen molar-refractivity contribution >= 4 is 34.6 Å². The molecule has 0 aliphatic carbocycles. The van der Waals surface area contributed by atoms with Gasteiger partial charge >= 0.3 is 0 Å². The monoisotopic (exact) mass is 434 g/mol. The number of nitrogens with one attached hydrogen (secondary N) is 2. The summed E-state index contributed by atoms with van der Waals surface area (Å²) in [4.78, 5) is 47.1. The van der Waals surface area contributed by atoms with Gasteiger partial charge in [0.15, 0.2) is 0 Å². The van der Waals surface area contributed by atoms with Crippen LogP contribution in [-0.2, 0) is 0 Å². The van der Waals surface area contributed by atoms with Gasteiger partial charge in [-0.05, 0) is 49.2 Å². The van der Waals surface area contributed by atoms with E-state index in [1.807, 2.05) is 0 Å². The molecule has 0 spiro atoms. The van der Waals surface area contributed by atoms with Crippen LogP contribution in [0.5, 0.6) is 0 Å². The summed E-state index contributed by atoms with van der Waals surface area (Å²) >= 11 is 0. The maximum atomic E-state index is 12.8. The Bertz CT molecular complexity index is 1160. The Balaban J connectivity index is 1.91. The van der Waals surface area contributed by atoms with Crippen LogP contribution in [0.2, 0.25) is 0 Å². The molecule has 32 heavy (non-hydrogen) atoms. The fourth-order valence-corrected chi connectivity index (χ4v) is 3.06. The van der Waals surface area contributed by atoms with Crippen molar-refractivity contribution in [2.45, 2.75) is 13.8 Å². The number of hydrogen-bond acceptors (Lipinski definition) is 6. The molecule has 0 aromatic heterocycles. The number of amides is 2. The molecule has 2 amide bonds. The minimum Gasteiger partial charge on any atom is -0.316 e. The highest BCUT2D eigenvalue weighted by molar-refractivity contribution is 6.16. The van der Waals surface area contributed by atoms with Crippen LogP contribution in [0, 0.1) is 34.1 Å². The van der Waals surface area contributed by atoms with Gasteiger partial charge in [0.2, 0.25) is 0 Å². The van der Waals surface area contributed by atoms with Gasteiger partial charge < -0.3 is 10.6 Å². The number of nitro groups is 2. The van der Waals surface area contributed by atoms with E-state index >= 15 is 0 Å². The first kappa shape index (κ1) is 22.1. The number of carbonyl (C=O) groups excluding carboxylic acids is 2. The number of hydrogen-bond donors (Lipinski definition) is 2. The molecule has 2 N–H and O–H groups in total. The number of nitro benzene ring substituents is 2. The lowest BCUT2D eigenvalue weighted by molar-refractivity contribution is -0.384. The highest BCUT2D eigenvalue weighted by atomic mass is 16.6. The molecule has 0 bridgehead atoms. The molecule has 0 unspecified atom stereocenters. The molecule has 0 radical (unpaired) electrons. The zero-order valence-corrected chi connectivity index (χ0v) is 17.1. The van der Waals surface area contributed by atoms with E-state index in [1.54, 1.807) is 26.0 Å². The third kappa shape index (κ3) is 4.75. The molecule has 10 heteroatoms. The molecular formula is C22H18N4O6. The third-order valence-corrected chi connectivity index (χ3v) is 4.61. The lowest BCUT2D eigenvalue weighted by Crippen LogP contribution is -2.21. The van der Waals surface area contributed by atoms with Gasteiger partial charge in [0.1, 0.15) is 11.4 Å². The quantitative estimate of drug-likeness (QED) is 0.428. The summed E-state index contributed by atoms with van der Waals surface area (Å²) in [5.41, 5.74) is 0.601. The fourth-order valence-electron chi connectivity index (χ4n) is 3.06. The lowest BCUT2D eigenvalue weighted by atomic mass is 10.1. The summed E-state index contributed by atoms with van der Waals surface area (Å²) in [6, 6.07) is 14.5. The van der Waals surface area contributed by atoms with E-state index in [-0.39, 0.29) is 33.9 Å². The largest absolute Gasteiger partial charge is 0.316 e. The molecule has 162 valence electrons. The average Bonchev–Trinajstić information content (AvgIpc) is 2.75. The number of anilines is 2. The van der Waals surface area contributed by atoms with E-state index in [2.05, 4.69) is 10.6 Å². The van der Waals surface area contributed by atoms with Crippen molar-refractivity contribution in [3.63, 3.8) is 0 Å². The van der Waals surface area contributed by atoms with Crippen LogP contribution in [0.15, 0.2) is 60.7 Å². The maximum Gasteiger partial charge on any atom is 0.293 e. The van der Waals surface area contributed by atoms with Crippen LogP contribution in [-0.4, -0.2) is 21.7 Å². The molecule has 0 fully saturated rings. The lowest BCUT2D eigenvalue weighted by Gasteiger charge is -2.11. The Morgan fingerprint density at radius 1 is 0.688 bits per heavy atom. The molecule has 0 saturated carbocycles. The molecule has 3 rings (SSSR count). The standard InChI is InChI=1S/C22H18N4O6/c1-13-7-9-17(19(11-13)25(29)30)23-21(27)15-5-3-4-6-16(15)22(28)24-18-10-8-14(2)12-20(18)26(31)32/h3-12H,1-2H3,(H,23,27)(H,24,28). The van der Waals surface area contributed by atoms with E-state index < -0.39 is 21.7 Å². The minimum absolute atomic E-state index is 0.0185. The summed E-state index contributed by atoms with van der Waals surface area (Å²) in [7, 11) is 0. The topological polar surface area (TPSA) is 144 Å². The van der Waals surface area contributed by atoms with Crippen molar-refractivity contribution in [2.24, 2.45) is 0 Å². The number of benzene rings is 3. The second-order valence-electron chi connectivity index (χ2n) is 7.01. The van der Waals surface area contributed by atoms with Gasteiger partial charge in [-0.1, -0.05) is 24.3 Å². The number of nitrogens with zero attached hydrogens (tertiary/aromatic N) is 2. The van der Waals surface area contributed by atoms with Crippen molar-refractivity contribution in [3.05, 3.63) is 103 Å². The molecule has 0 heterocycles. The van der Waals surface area contributed by atoms with E-state index in [4.69, 9.17) is 0 Å². The van der Waals surface area contributed by atoms with Crippen LogP contribution >= 0.6 is 0 Å². The third-order valence-electron chi connectivity index (χ3n) is 4.61. The van der Waals surface area contributed by atoms with Gasteiger partial charge in [-0.2, -0.15) is 0 Å². The second-order valence-corrected chi connectivity index (χ2v) is 7.01. The van der Waals surface area contributed by atoms with Gasteiger partial charge in [0, 0.05) is 12.1 Å². The molecular weight excluding hydrogens is 416 g/mol. The summed E-state index contributed by atoms with van der Waals surface area (Å²) in [5, 5.41) is 27.6. The molecule has 3 aromatic carbocycles. The van der Waals surface area contributed by atoms with Crippen molar-refractivity contribution < 1.29 is 19.4 Å². The van der Waals surface area contributed by atoms with Crippen molar-refractivity contribution in [1.82, 2.24) is 0 Å². The van der Waals surface area contributed by atoms with Crippen molar-refractivity contribution in [3.8, 4) is 0 Å². The average molecular weight is 434 g/mol. The van der Waals surface area contributed by atoms with Crippen LogP contribution < -0.4 is 10.6 Å². The van der Waals surface area contributed by atoms with Gasteiger partial charge in [0.25, 0.3) is 23.2 Å². The molecule has 10 nitrogen and oxygen atoms in total. The Hall–Kier alpha value is -4.60. The number of carbonyl (C=O) groups is 2. The Labute approximate surface area is 182 Å². The fraction of sp³-hybridized carbons (Fsp3) is 0.0909. The predicted molar refractivity (Wildman–Crippen MR) is 118 cm³/mol. The first-order valence-corrected chi connectivity index (χ1v) is 9.39. The maximum absolute atomic E-state index is 12.8. The smallest absolute Gasteiger partial charge is 0.293 e. The first-order valence-electron chi connectivity index (χ1n) is 9.39. The van der Waals surface area contributed by atoms with Crippen LogP contribution in [0.3, 0.4) is 0 Å². The predicted octanol–water partition coefficient (Wildman–Crippen LogP) is 4.62. The normalized spacial score (nSPS) is 10.3. The summed E-state index contributed by atoms with van der Waals surface area (Å²) in [6.07, 6.45) is 0. The van der Waals surface area contributed by atoms with Gasteiger partial charge in [0.05, 0.1) is 21.0 Å². The Morgan fingerprint density at radius 2 is 1.06 bits per heavy atom. The zero-order chi connectivity index (χ0) is 23.4. The van der Waals surface area contributed by atoms with Gasteiger partial charge in [-0.25, -0.2) is 0 Å². The van der Waals surface area contributed by atoms with E-state index in [0.717, 1.165) is 0 Å². The molecule has 0 aliphatic rings. The van der Waals surface area contributed by atoms with Gasteiger partial charge in [-0.15, -0.1) is 0 Å². The van der Waals surface area contributed by atoms with Gasteiger partial charge in [-0.3, -0.25) is 29.8 Å². The summed E-state index contributed by atoms with van der Waals surface area (Å²) < 4.78 is 0. The molecule has 0 saturated heterocycles.